The maximum Gasteiger partial charge on any atom is 0.326 e. The molecular formula is C12H17N3O3. The molecule has 6 heteroatoms. The number of hydrogen-bond donors (Lipinski definition) is 1. The van der Waals surface area contributed by atoms with E-state index in [4.69, 9.17) is 5.11 Å². The molecule has 0 spiro atoms. The van der Waals surface area contributed by atoms with E-state index in [1.165, 1.54) is 4.90 Å². The molecule has 98 valence electrons. The average molecular weight is 251 g/mol. The Kier molecular flexibility index (Phi) is 3.36. The first-order chi connectivity index (χ1) is 8.52. The van der Waals surface area contributed by atoms with Crippen LogP contribution in [0.5, 0.6) is 0 Å². The van der Waals surface area contributed by atoms with Gasteiger partial charge in [0.2, 0.25) is 5.91 Å². The Hall–Kier alpha value is -1.85. The Bertz CT molecular complexity index is 439. The van der Waals surface area contributed by atoms with Gasteiger partial charge in [-0.05, 0) is 32.8 Å². The largest absolute Gasteiger partial charge is 0.480 e. The first kappa shape index (κ1) is 12.6. The molecule has 0 saturated heterocycles. The van der Waals surface area contributed by atoms with Crippen molar-refractivity contribution in [3.8, 4) is 0 Å². The molecular weight excluding hydrogens is 234 g/mol. The predicted octanol–water partition coefficient (Wildman–Crippen LogP) is 0.908. The summed E-state index contributed by atoms with van der Waals surface area (Å²) in [6, 6.07) is 0.554. The molecule has 1 saturated carbocycles. The van der Waals surface area contributed by atoms with Crippen LogP contribution in [-0.2, 0) is 9.59 Å². The minimum absolute atomic E-state index is 0.0709. The number of carbonyl (C=O) groups is 2. The first-order valence-corrected chi connectivity index (χ1v) is 6.06. The van der Waals surface area contributed by atoms with E-state index in [2.05, 4.69) is 5.10 Å². The van der Waals surface area contributed by atoms with Crippen LogP contribution in [0.1, 0.15) is 32.7 Å². The molecule has 18 heavy (non-hydrogen) atoms. The van der Waals surface area contributed by atoms with Gasteiger partial charge >= 0.3 is 5.97 Å². The fraction of sp³-hybridized carbons (Fsp3) is 0.583. The van der Waals surface area contributed by atoms with Crippen molar-refractivity contribution in [1.29, 1.82) is 0 Å². The number of nitrogens with zero attached hydrogens (tertiary/aromatic N) is 3. The van der Waals surface area contributed by atoms with Crippen LogP contribution in [0.15, 0.2) is 18.5 Å². The van der Waals surface area contributed by atoms with Gasteiger partial charge in [-0.3, -0.25) is 9.48 Å². The van der Waals surface area contributed by atoms with Crippen LogP contribution in [0.3, 0.4) is 0 Å². The highest BCUT2D eigenvalue weighted by Gasteiger charge is 2.40. The number of rotatable bonds is 5. The Balaban J connectivity index is 2.16. The van der Waals surface area contributed by atoms with Gasteiger partial charge in [-0.15, -0.1) is 0 Å². The molecule has 1 N–H and O–H groups in total. The monoisotopic (exact) mass is 251 g/mol. The summed E-state index contributed by atoms with van der Waals surface area (Å²) in [6.45, 7) is 3.29. The van der Waals surface area contributed by atoms with E-state index < -0.39 is 18.1 Å². The highest BCUT2D eigenvalue weighted by molar-refractivity contribution is 5.86. The standard InChI is InChI=1S/C12H17N3O3/c1-8(14-7-3-6-13-14)11(16)15(10-4-5-10)9(2)12(17)18/h3,6-10H,4-5H2,1-2H3,(H,17,18). The second-order valence-corrected chi connectivity index (χ2v) is 4.65. The molecule has 1 aliphatic rings. The number of amides is 1. The van der Waals surface area contributed by atoms with E-state index >= 15 is 0 Å². The van der Waals surface area contributed by atoms with Crippen LogP contribution in [-0.4, -0.2) is 43.7 Å². The number of carboxylic acid groups (broad SMARTS) is 1. The molecule has 1 aromatic rings. The van der Waals surface area contributed by atoms with Crippen LogP contribution < -0.4 is 0 Å². The highest BCUT2D eigenvalue weighted by atomic mass is 16.4. The molecule has 0 aliphatic heterocycles. The highest BCUT2D eigenvalue weighted by Crippen LogP contribution is 2.30. The molecule has 1 heterocycles. The zero-order valence-corrected chi connectivity index (χ0v) is 10.5. The number of hydrogen-bond acceptors (Lipinski definition) is 3. The van der Waals surface area contributed by atoms with Crippen LogP contribution in [0.2, 0.25) is 0 Å². The van der Waals surface area contributed by atoms with Crippen molar-refractivity contribution in [2.45, 2.75) is 44.8 Å². The molecule has 2 atom stereocenters. The van der Waals surface area contributed by atoms with E-state index in [1.807, 2.05) is 0 Å². The summed E-state index contributed by atoms with van der Waals surface area (Å²) in [4.78, 5) is 24.9. The Morgan fingerprint density at radius 2 is 2.11 bits per heavy atom. The number of carboxylic acids is 1. The van der Waals surface area contributed by atoms with Gasteiger partial charge in [0.05, 0.1) is 0 Å². The third-order valence-corrected chi connectivity index (χ3v) is 3.25. The minimum atomic E-state index is -0.970. The zero-order valence-electron chi connectivity index (χ0n) is 10.5. The Morgan fingerprint density at radius 1 is 1.44 bits per heavy atom. The number of aliphatic carboxylic acids is 1. The van der Waals surface area contributed by atoms with Crippen LogP contribution in [0.4, 0.5) is 0 Å². The summed E-state index contributed by atoms with van der Waals surface area (Å²) in [5.74, 6) is -1.15. The molecule has 2 rings (SSSR count). The third-order valence-electron chi connectivity index (χ3n) is 3.25. The second kappa shape index (κ2) is 4.80. The van der Waals surface area contributed by atoms with Gasteiger partial charge in [0.15, 0.2) is 0 Å². The van der Waals surface area contributed by atoms with Crippen LogP contribution in [0.25, 0.3) is 0 Å². The Morgan fingerprint density at radius 3 is 2.56 bits per heavy atom. The zero-order chi connectivity index (χ0) is 13.3. The van der Waals surface area contributed by atoms with E-state index in [-0.39, 0.29) is 11.9 Å². The van der Waals surface area contributed by atoms with Gasteiger partial charge in [0.1, 0.15) is 12.1 Å². The molecule has 2 unspecified atom stereocenters. The fourth-order valence-electron chi connectivity index (χ4n) is 2.00. The van der Waals surface area contributed by atoms with E-state index in [0.29, 0.717) is 0 Å². The van der Waals surface area contributed by atoms with Gasteiger partial charge in [0.25, 0.3) is 0 Å². The normalized spacial score (nSPS) is 18.1. The van der Waals surface area contributed by atoms with Crippen molar-refractivity contribution in [1.82, 2.24) is 14.7 Å². The Labute approximate surface area is 105 Å². The van der Waals surface area contributed by atoms with Crippen LogP contribution >= 0.6 is 0 Å². The summed E-state index contributed by atoms with van der Waals surface area (Å²) in [6.07, 6.45) is 5.08. The van der Waals surface area contributed by atoms with Gasteiger partial charge in [0, 0.05) is 18.4 Å². The van der Waals surface area contributed by atoms with E-state index in [9.17, 15) is 9.59 Å². The molecule has 1 amide bonds. The quantitative estimate of drug-likeness (QED) is 0.844. The van der Waals surface area contributed by atoms with Crippen molar-refractivity contribution < 1.29 is 14.7 Å². The lowest BCUT2D eigenvalue weighted by Gasteiger charge is -2.29. The van der Waals surface area contributed by atoms with E-state index in [0.717, 1.165) is 12.8 Å². The lowest BCUT2D eigenvalue weighted by atomic mass is 10.2. The maximum atomic E-state index is 12.4. The van der Waals surface area contributed by atoms with Crippen molar-refractivity contribution in [3.63, 3.8) is 0 Å². The van der Waals surface area contributed by atoms with Crippen molar-refractivity contribution in [2.75, 3.05) is 0 Å². The van der Waals surface area contributed by atoms with Gasteiger partial charge < -0.3 is 10.0 Å². The lowest BCUT2D eigenvalue weighted by molar-refractivity contribution is -0.151. The van der Waals surface area contributed by atoms with Gasteiger partial charge in [-0.1, -0.05) is 0 Å². The topological polar surface area (TPSA) is 75.4 Å². The summed E-state index contributed by atoms with van der Waals surface area (Å²) >= 11 is 0. The van der Waals surface area contributed by atoms with Gasteiger partial charge in [-0.25, -0.2) is 4.79 Å². The molecule has 1 fully saturated rings. The SMILES string of the molecule is CC(C(=O)O)N(C(=O)C(C)n1cccn1)C1CC1. The van der Waals surface area contributed by atoms with Crippen molar-refractivity contribution in [2.24, 2.45) is 0 Å². The molecule has 1 aromatic heterocycles. The first-order valence-electron chi connectivity index (χ1n) is 6.06. The van der Waals surface area contributed by atoms with Crippen molar-refractivity contribution >= 4 is 11.9 Å². The summed E-state index contributed by atoms with van der Waals surface area (Å²) in [5, 5.41) is 13.1. The van der Waals surface area contributed by atoms with Crippen LogP contribution in [0, 0.1) is 0 Å². The predicted molar refractivity (Wildman–Crippen MR) is 63.9 cm³/mol. The molecule has 0 bridgehead atoms. The molecule has 1 aliphatic carbocycles. The third kappa shape index (κ3) is 2.37. The number of aromatic nitrogens is 2. The van der Waals surface area contributed by atoms with Gasteiger partial charge in [-0.2, -0.15) is 5.10 Å². The smallest absolute Gasteiger partial charge is 0.326 e. The van der Waals surface area contributed by atoms with E-state index in [1.54, 1.807) is 37.0 Å². The second-order valence-electron chi connectivity index (χ2n) is 4.65. The maximum absolute atomic E-state index is 12.4. The fourth-order valence-corrected chi connectivity index (χ4v) is 2.00. The lowest BCUT2D eigenvalue weighted by Crippen LogP contribution is -2.47. The summed E-state index contributed by atoms with van der Waals surface area (Å²) in [7, 11) is 0. The number of carbonyl (C=O) groups excluding carboxylic acids is 1. The average Bonchev–Trinajstić information content (AvgIpc) is 3.01. The molecule has 0 radical (unpaired) electrons. The summed E-state index contributed by atoms with van der Waals surface area (Å²) in [5.41, 5.74) is 0. The summed E-state index contributed by atoms with van der Waals surface area (Å²) < 4.78 is 1.55. The minimum Gasteiger partial charge on any atom is -0.480 e. The molecule has 0 aromatic carbocycles. The van der Waals surface area contributed by atoms with Crippen molar-refractivity contribution in [3.05, 3.63) is 18.5 Å². The molecule has 6 nitrogen and oxygen atoms in total.